The Labute approximate surface area is 310 Å². The number of halogens is 1. The summed E-state index contributed by atoms with van der Waals surface area (Å²) in [4.78, 5) is 62.7. The average Bonchev–Trinajstić information content (AvgIpc) is 3.47. The fraction of sp³-hybridized carbons (Fsp3) is 0.378. The number of imide groups is 1. The normalized spacial score (nSPS) is 19.0. The number of anilines is 4. The maximum atomic E-state index is 12.8. The van der Waals surface area contributed by atoms with E-state index in [4.69, 9.17) is 26.4 Å². The summed E-state index contributed by atoms with van der Waals surface area (Å²) in [6, 6.07) is 13.5. The van der Waals surface area contributed by atoms with Crippen molar-refractivity contribution in [2.24, 2.45) is 20.0 Å². The molecule has 3 atom stereocenters. The Hall–Kier alpha value is -5.70. The van der Waals surface area contributed by atoms with Crippen molar-refractivity contribution in [2.45, 2.75) is 38.1 Å². The van der Waals surface area contributed by atoms with Gasteiger partial charge in [0.1, 0.15) is 5.02 Å². The van der Waals surface area contributed by atoms with Gasteiger partial charge in [0.25, 0.3) is 11.5 Å². The third-order valence-corrected chi connectivity index (χ3v) is 10.6. The molecule has 3 N–H and O–H groups in total. The number of carbonyl (C=O) groups excluding carboxylic acids is 3. The van der Waals surface area contributed by atoms with Gasteiger partial charge < -0.3 is 29.7 Å². The van der Waals surface area contributed by atoms with Gasteiger partial charge in [0, 0.05) is 75.9 Å². The van der Waals surface area contributed by atoms with Crippen LogP contribution in [0.5, 0.6) is 5.75 Å². The van der Waals surface area contributed by atoms with E-state index >= 15 is 0 Å². The number of piperidine rings is 2. The minimum absolute atomic E-state index is 0.0707. The SMILES string of the molecule is CNC(=O)COc1cc2cc(Nc3nc(N(C)[C@H]4CCN(c5ccc6c(C7CCC(=O)NC7=O)nn(C)c6c5)C[C@H]4C)ncc3Cl)ccc2n(C)c1=O. The number of likely N-dealkylation sites (N-methyl/N-ethyl adjacent to an activating group) is 1. The second-order valence-electron chi connectivity index (χ2n) is 13.7. The van der Waals surface area contributed by atoms with Gasteiger partial charge in [-0.3, -0.25) is 29.2 Å². The van der Waals surface area contributed by atoms with Crippen LogP contribution in [0.25, 0.3) is 21.8 Å². The molecule has 0 spiro atoms. The number of pyridine rings is 1. The monoisotopic (exact) mass is 740 g/mol. The molecule has 16 heteroatoms. The molecule has 276 valence electrons. The maximum Gasteiger partial charge on any atom is 0.293 e. The third-order valence-electron chi connectivity index (χ3n) is 10.3. The van der Waals surface area contributed by atoms with Gasteiger partial charge in [-0.15, -0.1) is 0 Å². The Morgan fingerprint density at radius 2 is 1.91 bits per heavy atom. The molecule has 1 unspecified atom stereocenters. The van der Waals surface area contributed by atoms with E-state index in [0.717, 1.165) is 41.5 Å². The highest BCUT2D eigenvalue weighted by Gasteiger charge is 2.33. The number of benzene rings is 2. The van der Waals surface area contributed by atoms with E-state index in [0.29, 0.717) is 46.5 Å². The van der Waals surface area contributed by atoms with Gasteiger partial charge in [0.15, 0.2) is 18.2 Å². The van der Waals surface area contributed by atoms with Crippen LogP contribution in [0.2, 0.25) is 5.02 Å². The molecule has 2 fully saturated rings. The van der Waals surface area contributed by atoms with E-state index in [1.54, 1.807) is 19.3 Å². The van der Waals surface area contributed by atoms with E-state index in [2.05, 4.69) is 49.8 Å². The minimum Gasteiger partial charge on any atom is -0.478 e. The first kappa shape index (κ1) is 35.7. The fourth-order valence-corrected chi connectivity index (χ4v) is 7.51. The van der Waals surface area contributed by atoms with E-state index in [9.17, 15) is 19.2 Å². The molecule has 3 amide bonds. The lowest BCUT2D eigenvalue weighted by Gasteiger charge is -2.42. The minimum atomic E-state index is -0.445. The Morgan fingerprint density at radius 1 is 1.09 bits per heavy atom. The second kappa shape index (κ2) is 14.4. The van der Waals surface area contributed by atoms with Crippen molar-refractivity contribution < 1.29 is 19.1 Å². The fourth-order valence-electron chi connectivity index (χ4n) is 7.38. The van der Waals surface area contributed by atoms with Crippen LogP contribution in [0.1, 0.15) is 37.8 Å². The average molecular weight is 741 g/mol. The Balaban J connectivity index is 1.05. The number of fused-ring (bicyclic) bond motifs is 2. The third kappa shape index (κ3) is 6.95. The molecular weight excluding hydrogens is 700 g/mol. The molecule has 0 bridgehead atoms. The number of amides is 3. The number of carbonyl (C=O) groups is 3. The van der Waals surface area contributed by atoms with Gasteiger partial charge in [0.2, 0.25) is 17.8 Å². The zero-order chi connectivity index (χ0) is 37.6. The van der Waals surface area contributed by atoms with Crippen molar-refractivity contribution in [1.29, 1.82) is 0 Å². The van der Waals surface area contributed by atoms with Gasteiger partial charge >= 0.3 is 0 Å². The lowest BCUT2D eigenvalue weighted by atomic mass is 9.91. The van der Waals surface area contributed by atoms with Crippen LogP contribution < -0.4 is 36.0 Å². The molecule has 0 aliphatic carbocycles. The van der Waals surface area contributed by atoms with Crippen molar-refractivity contribution in [1.82, 2.24) is 34.9 Å². The van der Waals surface area contributed by atoms with E-state index in [1.807, 2.05) is 43.0 Å². The lowest BCUT2D eigenvalue weighted by molar-refractivity contribution is -0.134. The molecule has 0 saturated carbocycles. The number of nitrogens with one attached hydrogen (secondary N) is 3. The van der Waals surface area contributed by atoms with Crippen molar-refractivity contribution in [2.75, 3.05) is 48.9 Å². The summed E-state index contributed by atoms with van der Waals surface area (Å²) < 4.78 is 8.80. The van der Waals surface area contributed by atoms with Gasteiger partial charge in [-0.1, -0.05) is 18.5 Å². The molecule has 53 heavy (non-hydrogen) atoms. The first-order valence-electron chi connectivity index (χ1n) is 17.5. The first-order chi connectivity index (χ1) is 25.4. The molecule has 5 heterocycles. The van der Waals surface area contributed by atoms with Crippen LogP contribution in [0.4, 0.5) is 23.1 Å². The van der Waals surface area contributed by atoms with E-state index in [1.165, 1.54) is 11.6 Å². The smallest absolute Gasteiger partial charge is 0.293 e. The largest absolute Gasteiger partial charge is 0.478 e. The molecule has 3 aromatic heterocycles. The van der Waals surface area contributed by atoms with Crippen LogP contribution in [0.3, 0.4) is 0 Å². The number of nitrogens with zero attached hydrogens (tertiary/aromatic N) is 7. The van der Waals surface area contributed by atoms with Crippen LogP contribution in [-0.4, -0.2) is 81.9 Å². The Bertz CT molecular complexity index is 2320. The molecule has 2 aliphatic rings. The maximum absolute atomic E-state index is 12.8. The van der Waals surface area contributed by atoms with Crippen molar-refractivity contribution >= 4 is 74.3 Å². The van der Waals surface area contributed by atoms with E-state index in [-0.39, 0.29) is 47.6 Å². The number of hydrogen-bond donors (Lipinski definition) is 3. The highest BCUT2D eigenvalue weighted by molar-refractivity contribution is 6.33. The summed E-state index contributed by atoms with van der Waals surface area (Å²) in [5.74, 6) is -0.00796. The van der Waals surface area contributed by atoms with Crippen LogP contribution in [0, 0.1) is 5.92 Å². The molecule has 15 nitrogen and oxygen atoms in total. The summed E-state index contributed by atoms with van der Waals surface area (Å²) in [5.41, 5.74) is 3.77. The molecular formula is C37H41ClN10O5. The predicted molar refractivity (Wildman–Crippen MR) is 203 cm³/mol. The first-order valence-corrected chi connectivity index (χ1v) is 17.8. The molecule has 5 aromatic rings. The Morgan fingerprint density at radius 3 is 2.66 bits per heavy atom. The number of aromatic nitrogens is 5. The number of aryl methyl sites for hydroxylation is 2. The predicted octanol–water partition coefficient (Wildman–Crippen LogP) is 3.61. The molecule has 2 saturated heterocycles. The highest BCUT2D eigenvalue weighted by atomic mass is 35.5. The molecule has 2 aliphatic heterocycles. The van der Waals surface area contributed by atoms with Gasteiger partial charge in [-0.25, -0.2) is 4.98 Å². The van der Waals surface area contributed by atoms with Gasteiger partial charge in [-0.05, 0) is 61.2 Å². The van der Waals surface area contributed by atoms with Crippen molar-refractivity contribution in [3.05, 3.63) is 69.7 Å². The number of hydrogen-bond acceptors (Lipinski definition) is 11. The summed E-state index contributed by atoms with van der Waals surface area (Å²) in [6.07, 6.45) is 3.22. The summed E-state index contributed by atoms with van der Waals surface area (Å²) >= 11 is 6.58. The van der Waals surface area contributed by atoms with Gasteiger partial charge in [0.05, 0.1) is 28.8 Å². The highest BCUT2D eigenvalue weighted by Crippen LogP contribution is 2.35. The zero-order valence-electron chi connectivity index (χ0n) is 30.1. The molecule has 0 radical (unpaired) electrons. The zero-order valence-corrected chi connectivity index (χ0v) is 30.9. The topological polar surface area (TPSA) is 169 Å². The quantitative estimate of drug-likeness (QED) is 0.189. The molecule has 7 rings (SSSR count). The van der Waals surface area contributed by atoms with Crippen LogP contribution >= 0.6 is 11.6 Å². The standard InChI is InChI=1S/C37H41ClN10O5/c1-20-18-48(23-7-8-24-29(16-23)47(5)44-33(24)25-9-11-31(49)42-35(25)51)13-12-27(20)46(4)37-40-17-26(38)34(43-37)41-22-6-10-28-21(14-22)15-30(36(52)45(28)3)53-19-32(50)39-2/h6-8,10,14-17,20,25,27H,9,11-13,18-19H2,1-5H3,(H,39,50)(H,40,41,43)(H,42,49,51)/t20-,25?,27+/m1/s1. The van der Waals surface area contributed by atoms with Crippen molar-refractivity contribution in [3.8, 4) is 5.75 Å². The summed E-state index contributed by atoms with van der Waals surface area (Å²) in [5, 5.41) is 14.9. The summed E-state index contributed by atoms with van der Waals surface area (Å²) in [7, 11) is 7.04. The van der Waals surface area contributed by atoms with Gasteiger partial charge in [-0.2, -0.15) is 10.1 Å². The van der Waals surface area contributed by atoms with Crippen LogP contribution in [-0.2, 0) is 28.5 Å². The molecule has 2 aromatic carbocycles. The van der Waals surface area contributed by atoms with Crippen LogP contribution in [0.15, 0.2) is 53.5 Å². The van der Waals surface area contributed by atoms with Crippen molar-refractivity contribution in [3.63, 3.8) is 0 Å². The second-order valence-corrected chi connectivity index (χ2v) is 14.1. The number of rotatable bonds is 9. The lowest BCUT2D eigenvalue weighted by Crippen LogP contribution is -2.49. The number of ether oxygens (including phenoxy) is 1. The Kier molecular flexibility index (Phi) is 9.68. The van der Waals surface area contributed by atoms with E-state index < -0.39 is 5.92 Å². The summed E-state index contributed by atoms with van der Waals surface area (Å²) in [6.45, 7) is 3.58.